The van der Waals surface area contributed by atoms with Crippen LogP contribution in [0.25, 0.3) is 0 Å². The molecule has 1 aromatic heterocycles. The summed E-state index contributed by atoms with van der Waals surface area (Å²) in [5.41, 5.74) is 2.15. The SMILES string of the molecule is CC(C)NCc1ccc(OCc2ccccn2)c(Br)c1. The monoisotopic (exact) mass is 334 g/mol. The van der Waals surface area contributed by atoms with Crippen LogP contribution in [0.2, 0.25) is 0 Å². The number of nitrogens with one attached hydrogen (secondary N) is 1. The van der Waals surface area contributed by atoms with Crippen LogP contribution in [0.4, 0.5) is 0 Å². The van der Waals surface area contributed by atoms with Crippen molar-refractivity contribution < 1.29 is 4.74 Å². The maximum Gasteiger partial charge on any atom is 0.134 e. The van der Waals surface area contributed by atoms with Gasteiger partial charge in [-0.05, 0) is 45.8 Å². The minimum atomic E-state index is 0.475. The fourth-order valence-corrected chi connectivity index (χ4v) is 2.27. The standard InChI is InChI=1S/C16H19BrN2O/c1-12(2)19-10-13-6-7-16(15(17)9-13)20-11-14-5-3-4-8-18-14/h3-9,12,19H,10-11H2,1-2H3. The topological polar surface area (TPSA) is 34.1 Å². The van der Waals surface area contributed by atoms with Crippen LogP contribution < -0.4 is 10.1 Å². The third kappa shape index (κ3) is 4.62. The fraction of sp³-hybridized carbons (Fsp3) is 0.312. The van der Waals surface area contributed by atoms with Crippen molar-refractivity contribution in [3.05, 3.63) is 58.3 Å². The summed E-state index contributed by atoms with van der Waals surface area (Å²) in [6.07, 6.45) is 1.77. The van der Waals surface area contributed by atoms with Crippen LogP contribution >= 0.6 is 15.9 Å². The van der Waals surface area contributed by atoms with E-state index < -0.39 is 0 Å². The van der Waals surface area contributed by atoms with Gasteiger partial charge in [0.05, 0.1) is 10.2 Å². The van der Waals surface area contributed by atoms with Gasteiger partial charge in [0.1, 0.15) is 12.4 Å². The second-order valence-electron chi connectivity index (χ2n) is 4.91. The molecule has 0 unspecified atom stereocenters. The second-order valence-corrected chi connectivity index (χ2v) is 5.76. The van der Waals surface area contributed by atoms with E-state index in [4.69, 9.17) is 4.74 Å². The summed E-state index contributed by atoms with van der Waals surface area (Å²) >= 11 is 3.55. The van der Waals surface area contributed by atoms with Crippen molar-refractivity contribution in [2.45, 2.75) is 33.0 Å². The molecule has 1 heterocycles. The van der Waals surface area contributed by atoms with Crippen LogP contribution in [0.1, 0.15) is 25.1 Å². The number of benzene rings is 1. The zero-order valence-corrected chi connectivity index (χ0v) is 13.4. The smallest absolute Gasteiger partial charge is 0.134 e. The summed E-state index contributed by atoms with van der Waals surface area (Å²) in [6.45, 7) is 5.61. The molecule has 2 aromatic rings. The first-order valence-corrected chi connectivity index (χ1v) is 7.49. The molecule has 3 nitrogen and oxygen atoms in total. The number of nitrogens with zero attached hydrogens (tertiary/aromatic N) is 1. The van der Waals surface area contributed by atoms with Gasteiger partial charge in [-0.25, -0.2) is 0 Å². The summed E-state index contributed by atoms with van der Waals surface area (Å²) in [6, 6.07) is 12.4. The van der Waals surface area contributed by atoms with Gasteiger partial charge in [0.25, 0.3) is 0 Å². The molecule has 0 amide bonds. The van der Waals surface area contributed by atoms with Gasteiger partial charge in [0.15, 0.2) is 0 Å². The van der Waals surface area contributed by atoms with E-state index in [1.165, 1.54) is 5.56 Å². The van der Waals surface area contributed by atoms with Crippen molar-refractivity contribution in [3.8, 4) is 5.75 Å². The molecule has 106 valence electrons. The molecule has 0 aliphatic heterocycles. The molecule has 20 heavy (non-hydrogen) atoms. The average molecular weight is 335 g/mol. The van der Waals surface area contributed by atoms with Crippen LogP contribution in [0.3, 0.4) is 0 Å². The molecule has 0 bridgehead atoms. The number of ether oxygens (including phenoxy) is 1. The fourth-order valence-electron chi connectivity index (χ4n) is 1.73. The van der Waals surface area contributed by atoms with E-state index in [1.807, 2.05) is 24.3 Å². The van der Waals surface area contributed by atoms with Crippen molar-refractivity contribution in [2.75, 3.05) is 0 Å². The molecule has 0 fully saturated rings. The quantitative estimate of drug-likeness (QED) is 0.869. The van der Waals surface area contributed by atoms with Crippen LogP contribution in [0.15, 0.2) is 47.1 Å². The van der Waals surface area contributed by atoms with Crippen LogP contribution in [-0.4, -0.2) is 11.0 Å². The van der Waals surface area contributed by atoms with E-state index in [0.717, 1.165) is 22.5 Å². The van der Waals surface area contributed by atoms with E-state index in [9.17, 15) is 0 Å². The highest BCUT2D eigenvalue weighted by molar-refractivity contribution is 9.10. The Morgan fingerprint density at radius 3 is 2.75 bits per heavy atom. The molecule has 1 aromatic carbocycles. The Morgan fingerprint density at radius 2 is 2.10 bits per heavy atom. The molecule has 0 aliphatic rings. The first-order valence-electron chi connectivity index (χ1n) is 6.69. The Bertz CT molecular complexity index is 543. The third-order valence-corrected chi connectivity index (χ3v) is 3.43. The lowest BCUT2D eigenvalue weighted by Gasteiger charge is -2.11. The first-order chi connectivity index (χ1) is 9.65. The number of rotatable bonds is 6. The van der Waals surface area contributed by atoms with Gasteiger partial charge in [-0.15, -0.1) is 0 Å². The maximum atomic E-state index is 5.77. The Balaban J connectivity index is 1.95. The largest absolute Gasteiger partial charge is 0.486 e. The van der Waals surface area contributed by atoms with Crippen molar-refractivity contribution in [1.82, 2.24) is 10.3 Å². The van der Waals surface area contributed by atoms with E-state index in [0.29, 0.717) is 12.6 Å². The lowest BCUT2D eigenvalue weighted by Crippen LogP contribution is -2.21. The van der Waals surface area contributed by atoms with Gasteiger partial charge < -0.3 is 10.1 Å². The molecular weight excluding hydrogens is 316 g/mol. The Kier molecular flexibility index (Phi) is 5.56. The van der Waals surface area contributed by atoms with Crippen molar-refractivity contribution >= 4 is 15.9 Å². The van der Waals surface area contributed by atoms with Gasteiger partial charge in [0.2, 0.25) is 0 Å². The van der Waals surface area contributed by atoms with Crippen LogP contribution in [-0.2, 0) is 13.2 Å². The lowest BCUT2D eigenvalue weighted by atomic mass is 10.2. The zero-order chi connectivity index (χ0) is 14.4. The number of aromatic nitrogens is 1. The first kappa shape index (κ1) is 15.0. The average Bonchev–Trinajstić information content (AvgIpc) is 2.45. The molecule has 0 spiro atoms. The Morgan fingerprint density at radius 1 is 1.25 bits per heavy atom. The summed E-state index contributed by atoms with van der Waals surface area (Å²) in [7, 11) is 0. The van der Waals surface area contributed by atoms with Gasteiger partial charge in [-0.3, -0.25) is 4.98 Å². The maximum absolute atomic E-state index is 5.77. The summed E-state index contributed by atoms with van der Waals surface area (Å²) in [5.74, 6) is 0.837. The number of halogens is 1. The van der Waals surface area contributed by atoms with E-state index in [1.54, 1.807) is 6.20 Å². The van der Waals surface area contributed by atoms with Crippen molar-refractivity contribution in [2.24, 2.45) is 0 Å². The molecular formula is C16H19BrN2O. The van der Waals surface area contributed by atoms with Gasteiger partial charge in [0, 0.05) is 18.8 Å². The highest BCUT2D eigenvalue weighted by Gasteiger charge is 2.04. The molecule has 0 aliphatic carbocycles. The van der Waals surface area contributed by atoms with E-state index in [-0.39, 0.29) is 0 Å². The van der Waals surface area contributed by atoms with Gasteiger partial charge >= 0.3 is 0 Å². The van der Waals surface area contributed by atoms with Crippen LogP contribution in [0.5, 0.6) is 5.75 Å². The molecule has 0 radical (unpaired) electrons. The van der Waals surface area contributed by atoms with E-state index >= 15 is 0 Å². The minimum absolute atomic E-state index is 0.475. The Hall–Kier alpha value is -1.39. The summed E-state index contributed by atoms with van der Waals surface area (Å²) < 4.78 is 6.74. The number of hydrogen-bond donors (Lipinski definition) is 1. The predicted octanol–water partition coefficient (Wildman–Crippen LogP) is 3.92. The van der Waals surface area contributed by atoms with Crippen molar-refractivity contribution in [1.29, 1.82) is 0 Å². The number of hydrogen-bond acceptors (Lipinski definition) is 3. The normalized spacial score (nSPS) is 10.8. The van der Waals surface area contributed by atoms with Gasteiger partial charge in [-0.2, -0.15) is 0 Å². The molecule has 1 N–H and O–H groups in total. The molecule has 0 saturated carbocycles. The van der Waals surface area contributed by atoms with Crippen molar-refractivity contribution in [3.63, 3.8) is 0 Å². The van der Waals surface area contributed by atoms with Crippen LogP contribution in [0, 0.1) is 0 Å². The highest BCUT2D eigenvalue weighted by atomic mass is 79.9. The minimum Gasteiger partial charge on any atom is -0.486 e. The Labute approximate surface area is 128 Å². The number of pyridine rings is 1. The second kappa shape index (κ2) is 7.41. The third-order valence-electron chi connectivity index (χ3n) is 2.81. The molecule has 0 saturated heterocycles. The van der Waals surface area contributed by atoms with Gasteiger partial charge in [-0.1, -0.05) is 26.0 Å². The van der Waals surface area contributed by atoms with E-state index in [2.05, 4.69) is 52.2 Å². The zero-order valence-electron chi connectivity index (χ0n) is 11.8. The summed E-state index contributed by atoms with van der Waals surface area (Å²) in [4.78, 5) is 4.24. The molecule has 2 rings (SSSR count). The lowest BCUT2D eigenvalue weighted by molar-refractivity contribution is 0.299. The predicted molar refractivity (Wildman–Crippen MR) is 84.7 cm³/mol. The highest BCUT2D eigenvalue weighted by Crippen LogP contribution is 2.26. The molecule has 0 atom stereocenters. The molecule has 4 heteroatoms. The summed E-state index contributed by atoms with van der Waals surface area (Å²) in [5, 5.41) is 3.39.